The molecule has 0 saturated carbocycles. The zero-order valence-corrected chi connectivity index (χ0v) is 12.9. The van der Waals surface area contributed by atoms with E-state index in [9.17, 15) is 0 Å². The van der Waals surface area contributed by atoms with Crippen LogP contribution in [0.5, 0.6) is 5.75 Å². The lowest BCUT2D eigenvalue weighted by molar-refractivity contribution is 0.309. The molecule has 1 atom stereocenters. The standard InChI is InChI=1S/C18H24N2O/c1-3-4-13-21-18-7-5-16(6-8-18)14-20-15(2)17-9-11-19-12-10-17/h5-12,15,20H,3-4,13-14H2,1-2H3/t15-/m1/s1. The van der Waals surface area contributed by atoms with E-state index in [1.165, 1.54) is 11.1 Å². The molecule has 2 aromatic rings. The Hall–Kier alpha value is -1.87. The molecule has 3 heteroatoms. The van der Waals surface area contributed by atoms with Gasteiger partial charge in [-0.25, -0.2) is 0 Å². The quantitative estimate of drug-likeness (QED) is 0.741. The van der Waals surface area contributed by atoms with Crippen LogP contribution in [0.3, 0.4) is 0 Å². The van der Waals surface area contributed by atoms with E-state index in [0.29, 0.717) is 6.04 Å². The fourth-order valence-electron chi connectivity index (χ4n) is 2.08. The summed E-state index contributed by atoms with van der Waals surface area (Å²) in [5.74, 6) is 0.953. The van der Waals surface area contributed by atoms with Gasteiger partial charge in [-0.2, -0.15) is 0 Å². The van der Waals surface area contributed by atoms with Crippen LogP contribution in [0, 0.1) is 0 Å². The number of nitrogens with one attached hydrogen (secondary N) is 1. The van der Waals surface area contributed by atoms with Crippen LogP contribution in [0.1, 0.15) is 43.9 Å². The van der Waals surface area contributed by atoms with Crippen LogP contribution in [0.25, 0.3) is 0 Å². The lowest BCUT2D eigenvalue weighted by Gasteiger charge is -2.14. The largest absolute Gasteiger partial charge is 0.494 e. The molecular weight excluding hydrogens is 260 g/mol. The number of ether oxygens (including phenoxy) is 1. The average molecular weight is 284 g/mol. The zero-order valence-electron chi connectivity index (χ0n) is 12.9. The topological polar surface area (TPSA) is 34.1 Å². The van der Waals surface area contributed by atoms with Crippen molar-refractivity contribution in [1.82, 2.24) is 10.3 Å². The first kappa shape index (κ1) is 15.5. The smallest absolute Gasteiger partial charge is 0.119 e. The van der Waals surface area contributed by atoms with Crippen LogP contribution >= 0.6 is 0 Å². The van der Waals surface area contributed by atoms with Crippen LogP contribution in [0.4, 0.5) is 0 Å². The van der Waals surface area contributed by atoms with Crippen LogP contribution in [0.2, 0.25) is 0 Å². The van der Waals surface area contributed by atoms with Gasteiger partial charge in [-0.3, -0.25) is 4.98 Å². The Morgan fingerprint density at radius 2 is 1.81 bits per heavy atom. The number of aromatic nitrogens is 1. The molecule has 0 fully saturated rings. The Morgan fingerprint density at radius 3 is 2.48 bits per heavy atom. The summed E-state index contributed by atoms with van der Waals surface area (Å²) < 4.78 is 5.67. The molecule has 0 unspecified atom stereocenters. The van der Waals surface area contributed by atoms with Gasteiger partial charge in [0.2, 0.25) is 0 Å². The molecule has 1 aromatic heterocycles. The van der Waals surface area contributed by atoms with Crippen molar-refractivity contribution in [3.63, 3.8) is 0 Å². The number of pyridine rings is 1. The molecule has 0 bridgehead atoms. The highest BCUT2D eigenvalue weighted by molar-refractivity contribution is 5.27. The first-order valence-corrected chi connectivity index (χ1v) is 7.64. The average Bonchev–Trinajstić information content (AvgIpc) is 2.55. The Labute approximate surface area is 127 Å². The minimum absolute atomic E-state index is 0.313. The Kier molecular flexibility index (Phi) is 6.22. The first-order valence-electron chi connectivity index (χ1n) is 7.64. The van der Waals surface area contributed by atoms with Crippen LogP contribution in [-0.2, 0) is 6.54 Å². The van der Waals surface area contributed by atoms with Crippen molar-refractivity contribution in [3.05, 3.63) is 59.9 Å². The summed E-state index contributed by atoms with van der Waals surface area (Å²) in [5.41, 5.74) is 2.52. The Morgan fingerprint density at radius 1 is 1.10 bits per heavy atom. The molecule has 0 spiro atoms. The van der Waals surface area contributed by atoms with Gasteiger partial charge in [0.1, 0.15) is 5.75 Å². The van der Waals surface area contributed by atoms with Gasteiger partial charge in [-0.15, -0.1) is 0 Å². The molecule has 21 heavy (non-hydrogen) atoms. The molecular formula is C18H24N2O. The van der Waals surface area contributed by atoms with E-state index in [-0.39, 0.29) is 0 Å². The minimum Gasteiger partial charge on any atom is -0.494 e. The highest BCUT2D eigenvalue weighted by atomic mass is 16.5. The number of rotatable bonds is 8. The Balaban J connectivity index is 1.80. The van der Waals surface area contributed by atoms with Crippen LogP contribution < -0.4 is 10.1 Å². The van der Waals surface area contributed by atoms with Gasteiger partial charge in [0.05, 0.1) is 6.61 Å². The minimum atomic E-state index is 0.313. The van der Waals surface area contributed by atoms with E-state index in [4.69, 9.17) is 4.74 Å². The van der Waals surface area contributed by atoms with E-state index < -0.39 is 0 Å². The molecule has 0 radical (unpaired) electrons. The van der Waals surface area contributed by atoms with Crippen molar-refractivity contribution in [2.45, 2.75) is 39.3 Å². The van der Waals surface area contributed by atoms with Gasteiger partial charge in [-0.05, 0) is 48.7 Å². The summed E-state index contributed by atoms with van der Waals surface area (Å²) in [6, 6.07) is 12.7. The second-order valence-corrected chi connectivity index (χ2v) is 5.23. The van der Waals surface area contributed by atoms with Crippen LogP contribution in [0.15, 0.2) is 48.8 Å². The number of hydrogen-bond donors (Lipinski definition) is 1. The lowest BCUT2D eigenvalue weighted by Crippen LogP contribution is -2.18. The molecule has 1 aromatic carbocycles. The molecule has 0 aliphatic carbocycles. The summed E-state index contributed by atoms with van der Waals surface area (Å²) in [6.07, 6.45) is 5.92. The van der Waals surface area contributed by atoms with Crippen LogP contribution in [-0.4, -0.2) is 11.6 Å². The summed E-state index contributed by atoms with van der Waals surface area (Å²) in [6.45, 7) is 5.98. The van der Waals surface area contributed by atoms with Crippen molar-refractivity contribution >= 4 is 0 Å². The Bertz CT molecular complexity index is 511. The normalized spacial score (nSPS) is 12.1. The molecule has 1 N–H and O–H groups in total. The summed E-state index contributed by atoms with van der Waals surface area (Å²) >= 11 is 0. The van der Waals surface area contributed by atoms with Crippen molar-refractivity contribution in [2.75, 3.05) is 6.61 Å². The predicted molar refractivity (Wildman–Crippen MR) is 86.3 cm³/mol. The number of hydrogen-bond acceptors (Lipinski definition) is 3. The number of unbranched alkanes of at least 4 members (excludes halogenated alkanes) is 1. The third-order valence-corrected chi connectivity index (χ3v) is 3.51. The summed E-state index contributed by atoms with van der Waals surface area (Å²) in [4.78, 5) is 4.04. The van der Waals surface area contributed by atoms with E-state index in [0.717, 1.165) is 31.7 Å². The van der Waals surface area contributed by atoms with Crippen molar-refractivity contribution in [1.29, 1.82) is 0 Å². The first-order chi connectivity index (χ1) is 10.3. The van der Waals surface area contributed by atoms with E-state index in [1.807, 2.05) is 36.7 Å². The molecule has 3 nitrogen and oxygen atoms in total. The fraction of sp³-hybridized carbons (Fsp3) is 0.389. The second-order valence-electron chi connectivity index (χ2n) is 5.23. The van der Waals surface area contributed by atoms with Gasteiger partial charge in [-0.1, -0.05) is 25.5 Å². The van der Waals surface area contributed by atoms with Gasteiger partial charge in [0.15, 0.2) is 0 Å². The predicted octanol–water partition coefficient (Wildman–Crippen LogP) is 4.11. The molecule has 1 heterocycles. The molecule has 2 rings (SSSR count). The van der Waals surface area contributed by atoms with Crippen molar-refractivity contribution in [2.24, 2.45) is 0 Å². The maximum Gasteiger partial charge on any atom is 0.119 e. The molecule has 0 aliphatic heterocycles. The van der Waals surface area contributed by atoms with E-state index in [1.54, 1.807) is 0 Å². The molecule has 0 amide bonds. The maximum atomic E-state index is 5.67. The van der Waals surface area contributed by atoms with E-state index in [2.05, 4.69) is 36.3 Å². The van der Waals surface area contributed by atoms with Gasteiger partial charge < -0.3 is 10.1 Å². The van der Waals surface area contributed by atoms with Gasteiger partial charge in [0.25, 0.3) is 0 Å². The summed E-state index contributed by atoms with van der Waals surface area (Å²) in [5, 5.41) is 3.52. The van der Waals surface area contributed by atoms with Gasteiger partial charge in [0, 0.05) is 25.0 Å². The second kappa shape index (κ2) is 8.42. The monoisotopic (exact) mass is 284 g/mol. The molecule has 112 valence electrons. The number of benzene rings is 1. The molecule has 0 saturated heterocycles. The van der Waals surface area contributed by atoms with E-state index >= 15 is 0 Å². The lowest BCUT2D eigenvalue weighted by atomic mass is 10.1. The summed E-state index contributed by atoms with van der Waals surface area (Å²) in [7, 11) is 0. The van der Waals surface area contributed by atoms with Crippen molar-refractivity contribution < 1.29 is 4.74 Å². The SMILES string of the molecule is CCCCOc1ccc(CN[C@H](C)c2ccncc2)cc1. The fourth-order valence-corrected chi connectivity index (χ4v) is 2.08. The highest BCUT2D eigenvalue weighted by Crippen LogP contribution is 2.15. The number of nitrogens with zero attached hydrogens (tertiary/aromatic N) is 1. The van der Waals surface area contributed by atoms with Gasteiger partial charge >= 0.3 is 0 Å². The highest BCUT2D eigenvalue weighted by Gasteiger charge is 2.04. The zero-order chi connectivity index (χ0) is 14.9. The van der Waals surface area contributed by atoms with Crippen molar-refractivity contribution in [3.8, 4) is 5.75 Å². The third kappa shape index (κ3) is 5.20. The maximum absolute atomic E-state index is 5.67. The molecule has 0 aliphatic rings. The third-order valence-electron chi connectivity index (χ3n) is 3.51.